The lowest BCUT2D eigenvalue weighted by Crippen LogP contribution is -2.24. The van der Waals surface area contributed by atoms with Gasteiger partial charge in [-0.05, 0) is 31.8 Å². The lowest BCUT2D eigenvalue weighted by atomic mass is 9.97. The van der Waals surface area contributed by atoms with Gasteiger partial charge in [0.2, 0.25) is 5.91 Å². The van der Waals surface area contributed by atoms with Gasteiger partial charge in [-0.15, -0.1) is 0 Å². The zero-order valence-electron chi connectivity index (χ0n) is 6.55. The number of amides is 1. The smallest absolute Gasteiger partial charge is 0.219 e. The van der Waals surface area contributed by atoms with Gasteiger partial charge in [0.1, 0.15) is 0 Å². The molecule has 0 saturated carbocycles. The summed E-state index contributed by atoms with van der Waals surface area (Å²) in [6.07, 6.45) is 2.97. The van der Waals surface area contributed by atoms with Gasteiger partial charge in [-0.1, -0.05) is 0 Å². The van der Waals surface area contributed by atoms with Crippen molar-refractivity contribution in [3.63, 3.8) is 0 Å². The Morgan fingerprint density at radius 1 is 1.55 bits per heavy atom. The van der Waals surface area contributed by atoms with Crippen molar-refractivity contribution in [2.45, 2.75) is 19.3 Å². The Hall–Kier alpha value is -0.570. The predicted octanol–water partition coefficient (Wildman–Crippen LogP) is 0.119. The summed E-state index contributed by atoms with van der Waals surface area (Å²) in [4.78, 5) is 13.0. The van der Waals surface area contributed by atoms with Gasteiger partial charge in [0.05, 0.1) is 6.04 Å². The zero-order chi connectivity index (χ0) is 7.84. The minimum atomic E-state index is -0.182. The number of nitrogens with two attached hydrogens (primary N) is 1. The van der Waals surface area contributed by atoms with E-state index in [0.717, 1.165) is 13.1 Å². The molecule has 1 radical (unpaired) electrons. The van der Waals surface area contributed by atoms with Gasteiger partial charge in [-0.25, -0.2) is 0 Å². The highest BCUT2D eigenvalue weighted by Gasteiger charge is 2.40. The largest absolute Gasteiger partial charge is 0.370 e. The van der Waals surface area contributed by atoms with E-state index in [2.05, 4.69) is 4.90 Å². The van der Waals surface area contributed by atoms with Gasteiger partial charge in [-0.2, -0.15) is 0 Å². The van der Waals surface area contributed by atoms with Crippen molar-refractivity contribution in [2.75, 3.05) is 13.1 Å². The van der Waals surface area contributed by atoms with Crippen LogP contribution in [-0.2, 0) is 4.79 Å². The molecule has 3 nitrogen and oxygen atoms in total. The number of fused-ring (bicyclic) bond motifs is 2. The number of primary amides is 1. The van der Waals surface area contributed by atoms with E-state index < -0.39 is 0 Å². The fourth-order valence-corrected chi connectivity index (χ4v) is 2.19. The molecular weight excluding hydrogens is 140 g/mol. The quantitative estimate of drug-likeness (QED) is 0.612. The van der Waals surface area contributed by atoms with E-state index in [0.29, 0.717) is 12.3 Å². The highest BCUT2D eigenvalue weighted by molar-refractivity contribution is 5.76. The van der Waals surface area contributed by atoms with Crippen molar-refractivity contribution in [1.82, 2.24) is 4.90 Å². The molecular formula is C8H13N2O. The summed E-state index contributed by atoms with van der Waals surface area (Å²) in [6, 6.07) is 1.30. The minimum absolute atomic E-state index is 0.182. The van der Waals surface area contributed by atoms with Gasteiger partial charge in [-0.3, -0.25) is 9.69 Å². The van der Waals surface area contributed by atoms with Crippen LogP contribution in [0.5, 0.6) is 0 Å². The second-order valence-corrected chi connectivity index (χ2v) is 3.40. The molecule has 2 N–H and O–H groups in total. The molecule has 11 heavy (non-hydrogen) atoms. The number of carbonyl (C=O) groups is 1. The van der Waals surface area contributed by atoms with Crippen molar-refractivity contribution in [3.8, 4) is 0 Å². The normalized spacial score (nSPS) is 36.4. The van der Waals surface area contributed by atoms with Crippen molar-refractivity contribution < 1.29 is 4.79 Å². The molecule has 2 rings (SSSR count). The number of nitrogens with zero attached hydrogens (tertiary/aromatic N) is 1. The molecule has 0 aromatic carbocycles. The van der Waals surface area contributed by atoms with Crippen molar-refractivity contribution in [2.24, 2.45) is 11.7 Å². The summed E-state index contributed by atoms with van der Waals surface area (Å²) < 4.78 is 0. The molecule has 61 valence electrons. The molecule has 2 fully saturated rings. The number of hydrogen-bond acceptors (Lipinski definition) is 2. The first-order valence-electron chi connectivity index (χ1n) is 4.16. The maximum Gasteiger partial charge on any atom is 0.219 e. The first-order valence-corrected chi connectivity index (χ1v) is 4.16. The summed E-state index contributed by atoms with van der Waals surface area (Å²) in [7, 11) is 0. The van der Waals surface area contributed by atoms with Gasteiger partial charge in [0.25, 0.3) is 0 Å². The average molecular weight is 153 g/mol. The standard InChI is InChI=1S/C8H13N2O/c9-8(11)5-7-6-1-3-10(7)4-2-6/h6H,1-5H2,(H2,9,11). The van der Waals surface area contributed by atoms with Crippen LogP contribution in [-0.4, -0.2) is 23.9 Å². The highest BCUT2D eigenvalue weighted by atomic mass is 16.1. The Morgan fingerprint density at radius 2 is 2.18 bits per heavy atom. The van der Waals surface area contributed by atoms with E-state index in [1.54, 1.807) is 0 Å². The minimum Gasteiger partial charge on any atom is -0.370 e. The van der Waals surface area contributed by atoms with Crippen LogP contribution in [0.15, 0.2) is 0 Å². The van der Waals surface area contributed by atoms with E-state index >= 15 is 0 Å². The van der Waals surface area contributed by atoms with Crippen LogP contribution < -0.4 is 5.73 Å². The first-order chi connectivity index (χ1) is 5.27. The molecule has 3 heteroatoms. The molecule has 1 amide bonds. The summed E-state index contributed by atoms with van der Waals surface area (Å²) in [5.41, 5.74) is 5.14. The molecule has 2 bridgehead atoms. The molecule has 0 aliphatic carbocycles. The molecule has 0 spiro atoms. The van der Waals surface area contributed by atoms with Crippen LogP contribution in [0.3, 0.4) is 0 Å². The van der Waals surface area contributed by atoms with Crippen LogP contribution in [0, 0.1) is 12.0 Å². The molecule has 2 saturated heterocycles. The molecule has 2 heterocycles. The van der Waals surface area contributed by atoms with Gasteiger partial charge in [0.15, 0.2) is 0 Å². The molecule has 0 aromatic rings. The van der Waals surface area contributed by atoms with Crippen LogP contribution in [0.2, 0.25) is 0 Å². The third kappa shape index (κ3) is 1.13. The molecule has 0 unspecified atom stereocenters. The van der Waals surface area contributed by atoms with Crippen molar-refractivity contribution in [3.05, 3.63) is 6.04 Å². The van der Waals surface area contributed by atoms with E-state index in [4.69, 9.17) is 5.73 Å². The Morgan fingerprint density at radius 3 is 2.55 bits per heavy atom. The van der Waals surface area contributed by atoms with Crippen molar-refractivity contribution >= 4 is 5.91 Å². The van der Waals surface area contributed by atoms with Gasteiger partial charge in [0, 0.05) is 6.42 Å². The highest BCUT2D eigenvalue weighted by Crippen LogP contribution is 2.41. The summed E-state index contributed by atoms with van der Waals surface area (Å²) >= 11 is 0. The summed E-state index contributed by atoms with van der Waals surface area (Å²) in [5.74, 6) is 0.501. The van der Waals surface area contributed by atoms with E-state index in [9.17, 15) is 4.79 Å². The monoisotopic (exact) mass is 153 g/mol. The molecule has 0 atom stereocenters. The van der Waals surface area contributed by atoms with E-state index in [-0.39, 0.29) is 5.91 Å². The van der Waals surface area contributed by atoms with E-state index in [1.165, 1.54) is 18.9 Å². The lowest BCUT2D eigenvalue weighted by Gasteiger charge is -2.15. The second kappa shape index (κ2) is 2.48. The third-order valence-electron chi connectivity index (χ3n) is 2.73. The van der Waals surface area contributed by atoms with Crippen LogP contribution in [0.1, 0.15) is 19.3 Å². The molecule has 2 aliphatic rings. The fraction of sp³-hybridized carbons (Fsp3) is 0.750. The van der Waals surface area contributed by atoms with Gasteiger partial charge < -0.3 is 5.73 Å². The summed E-state index contributed by atoms with van der Waals surface area (Å²) in [6.45, 7) is 2.29. The topological polar surface area (TPSA) is 46.3 Å². The zero-order valence-corrected chi connectivity index (χ0v) is 6.55. The Bertz CT molecular complexity index is 161. The third-order valence-corrected chi connectivity index (χ3v) is 2.73. The number of carbonyl (C=O) groups excluding carboxylic acids is 1. The maximum atomic E-state index is 10.6. The van der Waals surface area contributed by atoms with E-state index in [1.807, 2.05) is 0 Å². The van der Waals surface area contributed by atoms with Crippen molar-refractivity contribution in [1.29, 1.82) is 0 Å². The van der Waals surface area contributed by atoms with Gasteiger partial charge >= 0.3 is 0 Å². The van der Waals surface area contributed by atoms with Crippen LogP contribution >= 0.6 is 0 Å². The Balaban J connectivity index is 1.99. The number of piperidine rings is 1. The summed E-state index contributed by atoms with van der Waals surface area (Å²) in [5, 5.41) is 0. The maximum absolute atomic E-state index is 10.6. The Labute approximate surface area is 66.5 Å². The molecule has 2 aliphatic heterocycles. The molecule has 0 aromatic heterocycles. The number of hydrogen-bond donors (Lipinski definition) is 1. The Kier molecular flexibility index (Phi) is 1.60. The fourth-order valence-electron chi connectivity index (χ4n) is 2.19. The van der Waals surface area contributed by atoms with Crippen LogP contribution in [0.25, 0.3) is 0 Å². The lowest BCUT2D eigenvalue weighted by molar-refractivity contribution is -0.118. The SMILES string of the molecule is NC(=O)C[C]1C2CCN1CC2. The first kappa shape index (κ1) is 7.10. The predicted molar refractivity (Wildman–Crippen MR) is 41.4 cm³/mol. The van der Waals surface area contributed by atoms with Crippen LogP contribution in [0.4, 0.5) is 0 Å². The second-order valence-electron chi connectivity index (χ2n) is 3.40. The number of rotatable bonds is 2. The average Bonchev–Trinajstić information content (AvgIpc) is 2.48.